The molecule has 5 rings (SSSR count). The molecule has 0 aliphatic rings. The van der Waals surface area contributed by atoms with Gasteiger partial charge in [-0.1, -0.05) is 0 Å². The van der Waals surface area contributed by atoms with Gasteiger partial charge in [0.15, 0.2) is 5.65 Å². The molecule has 0 atom stereocenters. The van der Waals surface area contributed by atoms with Crippen molar-refractivity contribution in [1.29, 1.82) is 0 Å². The van der Waals surface area contributed by atoms with Crippen LogP contribution in [0.2, 0.25) is 0 Å². The molecule has 3 aromatic heterocycles. The number of halogens is 2. The van der Waals surface area contributed by atoms with E-state index in [1.165, 1.54) is 41.3 Å². The lowest BCUT2D eigenvalue weighted by Gasteiger charge is -2.17. The van der Waals surface area contributed by atoms with Crippen LogP contribution in [0.3, 0.4) is 0 Å². The van der Waals surface area contributed by atoms with Crippen molar-refractivity contribution in [2.45, 2.75) is 0 Å². The number of carbonyl (C=O) groups excluding carboxylic acids is 1. The fourth-order valence-corrected chi connectivity index (χ4v) is 3.50. The van der Waals surface area contributed by atoms with E-state index in [-0.39, 0.29) is 5.82 Å². The maximum Gasteiger partial charge on any atom is 0.219 e. The maximum atomic E-state index is 13.5. The van der Waals surface area contributed by atoms with Crippen LogP contribution in [-0.2, 0) is 4.79 Å². The fourth-order valence-electron chi connectivity index (χ4n) is 3.50. The van der Waals surface area contributed by atoms with Crippen LogP contribution in [0.5, 0.6) is 0 Å². The third-order valence-electron chi connectivity index (χ3n) is 4.99. The Morgan fingerprint density at radius 2 is 1.56 bits per heavy atom. The molecule has 1 amide bonds. The number of amides is 1. The lowest BCUT2D eigenvalue weighted by atomic mass is 10.1. The lowest BCUT2D eigenvalue weighted by molar-refractivity contribution is -0.106. The highest BCUT2D eigenvalue weighted by molar-refractivity contribution is 5.88. The Hall–Kier alpha value is -4.46. The average Bonchev–Trinajstić information content (AvgIpc) is 3.21. The maximum absolute atomic E-state index is 13.5. The zero-order chi connectivity index (χ0) is 22.1. The van der Waals surface area contributed by atoms with Crippen molar-refractivity contribution >= 4 is 23.6 Å². The van der Waals surface area contributed by atoms with E-state index in [2.05, 4.69) is 15.1 Å². The molecule has 8 heteroatoms. The second-order valence-corrected chi connectivity index (χ2v) is 6.96. The molecule has 0 fully saturated rings. The summed E-state index contributed by atoms with van der Waals surface area (Å²) in [5, 5.41) is 4.42. The van der Waals surface area contributed by atoms with Crippen LogP contribution in [0, 0.1) is 11.6 Å². The molecule has 5 aromatic rings. The molecule has 0 bridgehead atoms. The number of benzene rings is 2. The Kier molecular flexibility index (Phi) is 4.87. The number of rotatable bonds is 5. The van der Waals surface area contributed by atoms with Crippen LogP contribution >= 0.6 is 0 Å². The fraction of sp³-hybridized carbons (Fsp3) is 0. The number of pyridine rings is 1. The summed E-state index contributed by atoms with van der Waals surface area (Å²) in [5.41, 5.74) is 3.79. The number of carbonyl (C=O) groups is 1. The molecule has 0 saturated carbocycles. The van der Waals surface area contributed by atoms with Crippen molar-refractivity contribution < 1.29 is 13.6 Å². The SMILES string of the molecule is O=CN(c1ccc(F)cc1)c1cc(-c2c(-c3ccc(F)cc3)nc3cccnn23)ccn1. The van der Waals surface area contributed by atoms with E-state index in [1.807, 2.05) is 6.07 Å². The van der Waals surface area contributed by atoms with Gasteiger partial charge in [0.05, 0.1) is 11.4 Å². The summed E-state index contributed by atoms with van der Waals surface area (Å²) < 4.78 is 28.5. The molecule has 0 radical (unpaired) electrons. The molecule has 0 unspecified atom stereocenters. The Balaban J connectivity index is 1.68. The topological polar surface area (TPSA) is 63.4 Å². The molecule has 0 aliphatic carbocycles. The van der Waals surface area contributed by atoms with E-state index in [9.17, 15) is 13.6 Å². The van der Waals surface area contributed by atoms with Crippen molar-refractivity contribution in [3.8, 4) is 22.5 Å². The van der Waals surface area contributed by atoms with E-state index in [0.717, 1.165) is 5.56 Å². The van der Waals surface area contributed by atoms with Crippen LogP contribution in [0.15, 0.2) is 85.2 Å². The van der Waals surface area contributed by atoms with Crippen LogP contribution in [0.1, 0.15) is 0 Å². The smallest absolute Gasteiger partial charge is 0.219 e. The third kappa shape index (κ3) is 3.47. The molecule has 3 heterocycles. The summed E-state index contributed by atoms with van der Waals surface area (Å²) in [6, 6.07) is 18.7. The van der Waals surface area contributed by atoms with Gasteiger partial charge < -0.3 is 0 Å². The number of hydrogen-bond donors (Lipinski definition) is 0. The van der Waals surface area contributed by atoms with Gasteiger partial charge in [0.1, 0.15) is 23.1 Å². The summed E-state index contributed by atoms with van der Waals surface area (Å²) in [7, 11) is 0. The second kappa shape index (κ2) is 7.99. The normalized spacial score (nSPS) is 10.9. The van der Waals surface area contributed by atoms with E-state index >= 15 is 0 Å². The van der Waals surface area contributed by atoms with E-state index in [0.29, 0.717) is 40.5 Å². The van der Waals surface area contributed by atoms with Gasteiger partial charge in [0.2, 0.25) is 6.41 Å². The van der Waals surface area contributed by atoms with E-state index in [1.54, 1.807) is 47.2 Å². The highest BCUT2D eigenvalue weighted by Crippen LogP contribution is 2.34. The molecule has 0 aliphatic heterocycles. The first-order chi connectivity index (χ1) is 15.6. The van der Waals surface area contributed by atoms with Gasteiger partial charge in [0, 0.05) is 23.5 Å². The molecular formula is C24H15F2N5O. The number of anilines is 2. The van der Waals surface area contributed by atoms with Gasteiger partial charge in [-0.3, -0.25) is 9.69 Å². The third-order valence-corrected chi connectivity index (χ3v) is 4.99. The summed E-state index contributed by atoms with van der Waals surface area (Å²) in [6.07, 6.45) is 3.83. The number of imidazole rings is 1. The minimum atomic E-state index is -0.401. The molecule has 156 valence electrons. The van der Waals surface area contributed by atoms with Gasteiger partial charge in [-0.15, -0.1) is 0 Å². The van der Waals surface area contributed by atoms with Crippen LogP contribution in [0.25, 0.3) is 28.2 Å². The van der Waals surface area contributed by atoms with E-state index < -0.39 is 5.82 Å². The average molecular weight is 427 g/mol. The Bertz CT molecular complexity index is 1420. The van der Waals surface area contributed by atoms with Crippen molar-refractivity contribution in [3.63, 3.8) is 0 Å². The summed E-state index contributed by atoms with van der Waals surface area (Å²) in [5.74, 6) is -0.397. The zero-order valence-corrected chi connectivity index (χ0v) is 16.6. The van der Waals surface area contributed by atoms with Gasteiger partial charge in [-0.25, -0.2) is 23.3 Å². The summed E-state index contributed by atoms with van der Waals surface area (Å²) in [4.78, 5) is 22.2. The van der Waals surface area contributed by atoms with Gasteiger partial charge in [-0.2, -0.15) is 5.10 Å². The number of hydrogen-bond acceptors (Lipinski definition) is 4. The molecule has 0 spiro atoms. The largest absolute Gasteiger partial charge is 0.278 e. The van der Waals surface area contributed by atoms with Crippen molar-refractivity contribution in [3.05, 3.63) is 96.8 Å². The predicted molar refractivity (Wildman–Crippen MR) is 116 cm³/mol. The molecule has 32 heavy (non-hydrogen) atoms. The van der Waals surface area contributed by atoms with Crippen LogP contribution in [-0.4, -0.2) is 26.0 Å². The van der Waals surface area contributed by atoms with Crippen molar-refractivity contribution in [2.75, 3.05) is 4.90 Å². The lowest BCUT2D eigenvalue weighted by Crippen LogP contribution is -2.15. The second-order valence-electron chi connectivity index (χ2n) is 6.96. The minimum Gasteiger partial charge on any atom is -0.278 e. The molecular weight excluding hydrogens is 412 g/mol. The molecule has 6 nitrogen and oxygen atoms in total. The van der Waals surface area contributed by atoms with Crippen LogP contribution in [0.4, 0.5) is 20.3 Å². The molecule has 0 saturated heterocycles. The van der Waals surface area contributed by atoms with Gasteiger partial charge in [-0.05, 0) is 72.8 Å². The molecule has 0 N–H and O–H groups in total. The van der Waals surface area contributed by atoms with Crippen molar-refractivity contribution in [1.82, 2.24) is 19.6 Å². The van der Waals surface area contributed by atoms with Crippen LogP contribution < -0.4 is 4.90 Å². The quantitative estimate of drug-likeness (QED) is 0.369. The minimum absolute atomic E-state index is 0.343. The standard InChI is InChI=1S/C24H15F2N5O/c25-18-5-3-16(4-6-18)23-24(31-21(29-23)2-1-12-28-31)17-11-13-27-22(14-17)30(15-32)20-9-7-19(26)8-10-20/h1-15H. The first-order valence-electron chi connectivity index (χ1n) is 9.70. The zero-order valence-electron chi connectivity index (χ0n) is 16.6. The predicted octanol–water partition coefficient (Wildman–Crippen LogP) is 5.03. The number of aromatic nitrogens is 4. The highest BCUT2D eigenvalue weighted by Gasteiger charge is 2.19. The van der Waals surface area contributed by atoms with E-state index in [4.69, 9.17) is 0 Å². The first-order valence-corrected chi connectivity index (χ1v) is 9.70. The monoisotopic (exact) mass is 427 g/mol. The summed E-state index contributed by atoms with van der Waals surface area (Å²) in [6.45, 7) is 0. The first kappa shape index (κ1) is 19.5. The number of nitrogens with zero attached hydrogens (tertiary/aromatic N) is 5. The van der Waals surface area contributed by atoms with Crippen molar-refractivity contribution in [2.24, 2.45) is 0 Å². The Labute approximate surface area is 181 Å². The Morgan fingerprint density at radius 1 is 0.844 bits per heavy atom. The highest BCUT2D eigenvalue weighted by atomic mass is 19.1. The number of fused-ring (bicyclic) bond motifs is 1. The van der Waals surface area contributed by atoms with Gasteiger partial charge >= 0.3 is 0 Å². The van der Waals surface area contributed by atoms with Gasteiger partial charge in [0.25, 0.3) is 0 Å². The summed E-state index contributed by atoms with van der Waals surface area (Å²) >= 11 is 0. The Morgan fingerprint density at radius 3 is 2.28 bits per heavy atom. The molecule has 2 aromatic carbocycles.